The average Bonchev–Trinajstić information content (AvgIpc) is 2.55. The maximum absolute atomic E-state index is 12.2. The Hall–Kier alpha value is -1.55. The van der Waals surface area contributed by atoms with E-state index in [2.05, 4.69) is 24.8 Å². The van der Waals surface area contributed by atoms with Crippen LogP contribution in [0.2, 0.25) is 0 Å². The summed E-state index contributed by atoms with van der Waals surface area (Å²) in [6, 6.07) is 4.03. The summed E-state index contributed by atoms with van der Waals surface area (Å²) >= 11 is 0. The van der Waals surface area contributed by atoms with E-state index in [0.29, 0.717) is 23.8 Å². The number of benzene rings is 1. The van der Waals surface area contributed by atoms with E-state index in [4.69, 9.17) is 9.47 Å². The van der Waals surface area contributed by atoms with Gasteiger partial charge in [-0.1, -0.05) is 32.4 Å². The SMILES string of the molecule is COC(=O)c1c(C)ccc(C(C)C)c1OCCN1CCCCC1. The molecule has 23 heavy (non-hydrogen) atoms. The molecular formula is C19H29NO3. The number of likely N-dealkylation sites (tertiary alicyclic amines) is 1. The number of esters is 1. The summed E-state index contributed by atoms with van der Waals surface area (Å²) in [5.74, 6) is 0.672. The lowest BCUT2D eigenvalue weighted by molar-refractivity contribution is 0.0594. The lowest BCUT2D eigenvalue weighted by atomic mass is 9.96. The van der Waals surface area contributed by atoms with E-state index in [1.807, 2.05) is 13.0 Å². The Balaban J connectivity index is 2.16. The molecule has 1 aliphatic heterocycles. The van der Waals surface area contributed by atoms with Gasteiger partial charge < -0.3 is 9.47 Å². The molecule has 1 aliphatic rings. The molecule has 128 valence electrons. The smallest absolute Gasteiger partial charge is 0.341 e. The normalized spacial score (nSPS) is 15.7. The second-order valence-corrected chi connectivity index (χ2v) is 6.57. The van der Waals surface area contributed by atoms with Crippen molar-refractivity contribution in [3.8, 4) is 5.75 Å². The van der Waals surface area contributed by atoms with Crippen molar-refractivity contribution in [1.82, 2.24) is 4.90 Å². The van der Waals surface area contributed by atoms with Crippen LogP contribution in [-0.2, 0) is 4.74 Å². The summed E-state index contributed by atoms with van der Waals surface area (Å²) in [5, 5.41) is 0. The minimum absolute atomic E-state index is 0.295. The molecule has 0 bridgehead atoms. The van der Waals surface area contributed by atoms with Gasteiger partial charge in [0.1, 0.15) is 17.9 Å². The van der Waals surface area contributed by atoms with Gasteiger partial charge in [0, 0.05) is 6.54 Å². The maximum Gasteiger partial charge on any atom is 0.341 e. The summed E-state index contributed by atoms with van der Waals surface area (Å²) in [7, 11) is 1.42. The van der Waals surface area contributed by atoms with Crippen molar-refractivity contribution in [2.45, 2.75) is 46.0 Å². The first-order chi connectivity index (χ1) is 11.0. The van der Waals surface area contributed by atoms with E-state index in [1.54, 1.807) is 0 Å². The highest BCUT2D eigenvalue weighted by Crippen LogP contribution is 2.33. The molecule has 1 saturated heterocycles. The lowest BCUT2D eigenvalue weighted by Crippen LogP contribution is -2.33. The molecule has 4 nitrogen and oxygen atoms in total. The third kappa shape index (κ3) is 4.47. The van der Waals surface area contributed by atoms with E-state index in [1.165, 1.54) is 26.4 Å². The summed E-state index contributed by atoms with van der Waals surface area (Å²) in [5.41, 5.74) is 2.53. The van der Waals surface area contributed by atoms with Crippen LogP contribution in [0.1, 0.15) is 60.5 Å². The van der Waals surface area contributed by atoms with Crippen LogP contribution in [-0.4, -0.2) is 44.2 Å². The number of hydrogen-bond donors (Lipinski definition) is 0. The van der Waals surface area contributed by atoms with Gasteiger partial charge in [0.15, 0.2) is 0 Å². The van der Waals surface area contributed by atoms with Crippen LogP contribution < -0.4 is 4.74 Å². The third-order valence-electron chi connectivity index (χ3n) is 4.51. The second kappa shape index (κ2) is 8.34. The molecule has 0 aromatic heterocycles. The molecule has 2 rings (SSSR count). The van der Waals surface area contributed by atoms with Gasteiger partial charge in [-0.05, 0) is 49.9 Å². The predicted octanol–water partition coefficient (Wildman–Crippen LogP) is 3.77. The van der Waals surface area contributed by atoms with Gasteiger partial charge in [0.05, 0.1) is 7.11 Å². The van der Waals surface area contributed by atoms with Crippen molar-refractivity contribution in [3.63, 3.8) is 0 Å². The molecule has 1 heterocycles. The van der Waals surface area contributed by atoms with Crippen LogP contribution in [0.25, 0.3) is 0 Å². The van der Waals surface area contributed by atoms with E-state index in [-0.39, 0.29) is 5.97 Å². The second-order valence-electron chi connectivity index (χ2n) is 6.57. The Bertz CT molecular complexity index is 534. The molecule has 0 aliphatic carbocycles. The molecule has 4 heteroatoms. The fourth-order valence-electron chi connectivity index (χ4n) is 3.12. The number of piperidine rings is 1. The first kappa shape index (κ1) is 17.8. The van der Waals surface area contributed by atoms with Gasteiger partial charge >= 0.3 is 5.97 Å². The summed E-state index contributed by atoms with van der Waals surface area (Å²) < 4.78 is 11.1. The van der Waals surface area contributed by atoms with Crippen LogP contribution in [0.3, 0.4) is 0 Å². The van der Waals surface area contributed by atoms with E-state index < -0.39 is 0 Å². The minimum Gasteiger partial charge on any atom is -0.491 e. The first-order valence-corrected chi connectivity index (χ1v) is 8.61. The van der Waals surface area contributed by atoms with Crippen LogP contribution in [0.4, 0.5) is 0 Å². The topological polar surface area (TPSA) is 38.8 Å². The highest BCUT2D eigenvalue weighted by molar-refractivity contribution is 5.94. The van der Waals surface area contributed by atoms with Crippen LogP contribution >= 0.6 is 0 Å². The Morgan fingerprint density at radius 2 is 1.91 bits per heavy atom. The van der Waals surface area contributed by atoms with Gasteiger partial charge in [0.2, 0.25) is 0 Å². The van der Waals surface area contributed by atoms with E-state index in [9.17, 15) is 4.79 Å². The lowest BCUT2D eigenvalue weighted by Gasteiger charge is -2.27. The van der Waals surface area contributed by atoms with Crippen molar-refractivity contribution in [1.29, 1.82) is 0 Å². The first-order valence-electron chi connectivity index (χ1n) is 8.61. The molecule has 0 atom stereocenters. The van der Waals surface area contributed by atoms with Gasteiger partial charge in [0.25, 0.3) is 0 Å². The highest BCUT2D eigenvalue weighted by Gasteiger charge is 2.21. The number of nitrogens with zero attached hydrogens (tertiary/aromatic N) is 1. The zero-order valence-corrected chi connectivity index (χ0v) is 14.9. The molecule has 0 N–H and O–H groups in total. The Labute approximate surface area is 139 Å². The minimum atomic E-state index is -0.321. The monoisotopic (exact) mass is 319 g/mol. The van der Waals surface area contributed by atoms with Gasteiger partial charge in [-0.25, -0.2) is 4.79 Å². The number of rotatable bonds is 6. The zero-order chi connectivity index (χ0) is 16.8. The molecule has 1 aromatic carbocycles. The molecule has 0 amide bonds. The summed E-state index contributed by atoms with van der Waals surface area (Å²) in [6.45, 7) is 9.97. The van der Waals surface area contributed by atoms with Crippen molar-refractivity contribution >= 4 is 5.97 Å². The summed E-state index contributed by atoms with van der Waals surface area (Å²) in [4.78, 5) is 14.6. The number of hydrogen-bond acceptors (Lipinski definition) is 4. The molecule has 0 spiro atoms. The quantitative estimate of drug-likeness (QED) is 0.748. The van der Waals surface area contributed by atoms with Crippen LogP contribution in [0.5, 0.6) is 5.75 Å². The number of carbonyl (C=O) groups excluding carboxylic acids is 1. The van der Waals surface area contributed by atoms with Gasteiger partial charge in [-0.2, -0.15) is 0 Å². The fourth-order valence-corrected chi connectivity index (χ4v) is 3.12. The van der Waals surface area contributed by atoms with Gasteiger partial charge in [-0.3, -0.25) is 4.90 Å². The number of methoxy groups -OCH3 is 1. The average molecular weight is 319 g/mol. The van der Waals surface area contributed by atoms with Crippen molar-refractivity contribution in [3.05, 3.63) is 28.8 Å². The molecule has 1 aromatic rings. The van der Waals surface area contributed by atoms with Crippen molar-refractivity contribution in [2.24, 2.45) is 0 Å². The highest BCUT2D eigenvalue weighted by atomic mass is 16.5. The van der Waals surface area contributed by atoms with Crippen molar-refractivity contribution in [2.75, 3.05) is 33.4 Å². The maximum atomic E-state index is 12.2. The third-order valence-corrected chi connectivity index (χ3v) is 4.51. The van der Waals surface area contributed by atoms with Crippen LogP contribution in [0.15, 0.2) is 12.1 Å². The Kier molecular flexibility index (Phi) is 6.46. The Morgan fingerprint density at radius 1 is 1.22 bits per heavy atom. The zero-order valence-electron chi connectivity index (χ0n) is 14.9. The largest absolute Gasteiger partial charge is 0.491 e. The van der Waals surface area contributed by atoms with Gasteiger partial charge in [-0.15, -0.1) is 0 Å². The van der Waals surface area contributed by atoms with E-state index in [0.717, 1.165) is 30.8 Å². The molecule has 0 radical (unpaired) electrons. The number of carbonyl (C=O) groups is 1. The molecule has 0 saturated carbocycles. The van der Waals surface area contributed by atoms with Crippen molar-refractivity contribution < 1.29 is 14.3 Å². The number of ether oxygens (including phenoxy) is 2. The Morgan fingerprint density at radius 3 is 2.52 bits per heavy atom. The summed E-state index contributed by atoms with van der Waals surface area (Å²) in [6.07, 6.45) is 3.88. The molecule has 0 unspecified atom stereocenters. The fraction of sp³-hybridized carbons (Fsp3) is 0.632. The standard InChI is InChI=1S/C19H29NO3/c1-14(2)16-9-8-15(3)17(19(21)22-4)18(16)23-13-12-20-10-6-5-7-11-20/h8-9,14H,5-7,10-13H2,1-4H3. The predicted molar refractivity (Wildman–Crippen MR) is 92.4 cm³/mol. The van der Waals surface area contributed by atoms with Crippen LogP contribution in [0, 0.1) is 6.92 Å². The molecular weight excluding hydrogens is 290 g/mol. The van der Waals surface area contributed by atoms with E-state index >= 15 is 0 Å². The molecule has 1 fully saturated rings. The number of aryl methyl sites for hydroxylation is 1.